The van der Waals surface area contributed by atoms with Gasteiger partial charge < -0.3 is 10.4 Å². The van der Waals surface area contributed by atoms with E-state index >= 15 is 0 Å². The Kier molecular flexibility index (Phi) is 11.6. The number of thioether (sulfide) groups is 1. The van der Waals surface area contributed by atoms with Crippen LogP contribution in [0.2, 0.25) is 0 Å². The number of nitrogens with one attached hydrogen (secondary N) is 1. The molecule has 0 radical (unpaired) electrons. The van der Waals surface area contributed by atoms with Crippen molar-refractivity contribution in [3.63, 3.8) is 0 Å². The Hall–Kier alpha value is -0.0600. The fourth-order valence-corrected chi connectivity index (χ4v) is 1.10. The molecule has 0 bridgehead atoms. The number of carboxylic acid groups (broad SMARTS) is 1. The van der Waals surface area contributed by atoms with Gasteiger partial charge in [0.25, 0.3) is 0 Å². The first-order valence-corrected chi connectivity index (χ1v) is 7.01. The molecule has 0 rings (SSSR count). The summed E-state index contributed by atoms with van der Waals surface area (Å²) in [5.41, 5.74) is 0. The highest BCUT2D eigenvalue weighted by molar-refractivity contribution is 7.98. The molecule has 0 aromatic rings. The highest BCUT2D eigenvalue weighted by atomic mass is 35.5. The Bertz CT molecular complexity index is 283. The Balaban J connectivity index is 0. The summed E-state index contributed by atoms with van der Waals surface area (Å²) < 4.78 is 28.8. The average Bonchev–Trinajstić information content (AvgIpc) is 2.18. The lowest BCUT2D eigenvalue weighted by Crippen LogP contribution is -2.34. The van der Waals surface area contributed by atoms with Crippen LogP contribution in [0.15, 0.2) is 0 Å². The molecule has 0 aliphatic carbocycles. The summed E-state index contributed by atoms with van der Waals surface area (Å²) in [6.45, 7) is 0. The summed E-state index contributed by atoms with van der Waals surface area (Å²) in [4.78, 5) is 10.4. The Morgan fingerprint density at radius 2 is 2.06 bits per heavy atom. The van der Waals surface area contributed by atoms with Gasteiger partial charge in [-0.2, -0.15) is 20.2 Å². The molecule has 0 aromatic heterocycles. The number of likely N-dealkylation sites (N-methyl/N-ethyl adjacent to an activating group) is 1. The number of carboxylic acids is 1. The van der Waals surface area contributed by atoms with E-state index in [1.165, 1.54) is 0 Å². The first kappa shape index (κ1) is 18.3. The fourth-order valence-electron chi connectivity index (χ4n) is 0.627. The van der Waals surface area contributed by atoms with Gasteiger partial charge in [0.1, 0.15) is 6.04 Å². The maximum Gasteiger partial charge on any atom is 0.413 e. The van der Waals surface area contributed by atoms with Crippen molar-refractivity contribution in [3.05, 3.63) is 0 Å². The number of rotatable bonds is 6. The topological polar surface area (TPSA) is 113 Å². The minimum Gasteiger partial charge on any atom is -0.480 e. The molecule has 0 heterocycles. The van der Waals surface area contributed by atoms with Crippen LogP contribution in [0.5, 0.6) is 0 Å². The van der Waals surface area contributed by atoms with Crippen LogP contribution in [0.4, 0.5) is 0 Å². The average molecular weight is 296 g/mol. The second-order valence-electron chi connectivity index (χ2n) is 2.45. The highest BCUT2D eigenvalue weighted by Crippen LogP contribution is 1.99. The van der Waals surface area contributed by atoms with E-state index in [2.05, 4.69) is 20.9 Å². The second-order valence-corrected chi connectivity index (χ2v) is 4.80. The largest absolute Gasteiger partial charge is 0.480 e. The molecule has 0 fully saturated rings. The van der Waals surface area contributed by atoms with Gasteiger partial charge in [0.05, 0.1) is 11.9 Å². The van der Waals surface area contributed by atoms with Crippen molar-refractivity contribution in [2.75, 3.05) is 19.1 Å². The van der Waals surface area contributed by atoms with Crippen molar-refractivity contribution in [1.82, 2.24) is 5.32 Å². The fraction of sp³-hybridized carbons (Fsp3) is 0.833. The lowest BCUT2D eigenvalue weighted by molar-refractivity contribution is -0.139. The molecule has 1 atom stereocenters. The first-order valence-electron chi connectivity index (χ1n) is 3.95. The van der Waals surface area contributed by atoms with Crippen molar-refractivity contribution in [2.24, 2.45) is 0 Å². The molecule has 0 saturated heterocycles. The van der Waals surface area contributed by atoms with Crippen LogP contribution >= 0.6 is 23.6 Å². The summed E-state index contributed by atoms with van der Waals surface area (Å²) in [5, 5.41) is 11.3. The summed E-state index contributed by atoms with van der Waals surface area (Å²) >= 11 is 5.80. The van der Waals surface area contributed by atoms with Crippen LogP contribution in [0.25, 0.3) is 0 Å². The summed E-state index contributed by atoms with van der Waals surface area (Å²) in [5.74, 6) is 0.120. The predicted octanol–water partition coefficient (Wildman–Crippen LogP) is 0.372. The van der Waals surface area contributed by atoms with Crippen LogP contribution in [-0.2, 0) is 18.9 Å². The predicted molar refractivity (Wildman–Crippen MR) is 62.0 cm³/mol. The van der Waals surface area contributed by atoms with Crippen LogP contribution in [0.3, 0.4) is 0 Å². The van der Waals surface area contributed by atoms with Crippen molar-refractivity contribution in [2.45, 2.75) is 12.5 Å². The van der Waals surface area contributed by atoms with Gasteiger partial charge in [-0.3, -0.25) is 9.35 Å². The molecule has 3 N–H and O–H groups in total. The molecule has 0 saturated carbocycles. The molecule has 10 heteroatoms. The molecule has 1 unspecified atom stereocenters. The van der Waals surface area contributed by atoms with Gasteiger partial charge in [0.15, 0.2) is 0 Å². The smallest absolute Gasteiger partial charge is 0.413 e. The zero-order valence-electron chi connectivity index (χ0n) is 8.71. The van der Waals surface area contributed by atoms with Crippen molar-refractivity contribution in [3.8, 4) is 0 Å². The zero-order chi connectivity index (χ0) is 13.2. The van der Waals surface area contributed by atoms with Crippen molar-refractivity contribution >= 4 is 40.0 Å². The van der Waals surface area contributed by atoms with E-state index in [0.29, 0.717) is 6.42 Å². The SMILES string of the molecule is CNC(CCSC)C(=O)O.O=S(=O)(O)OCl. The molecule has 0 aliphatic rings. The molecular weight excluding hydrogens is 282 g/mol. The minimum atomic E-state index is -4.40. The Labute approximate surface area is 104 Å². The quantitative estimate of drug-likeness (QED) is 0.603. The van der Waals surface area contributed by atoms with E-state index in [0.717, 1.165) is 5.75 Å². The monoisotopic (exact) mass is 295 g/mol. The highest BCUT2D eigenvalue weighted by Gasteiger charge is 2.12. The van der Waals surface area contributed by atoms with Crippen molar-refractivity contribution < 1.29 is 26.6 Å². The summed E-state index contributed by atoms with van der Waals surface area (Å²) in [7, 11) is -2.73. The molecule has 0 amide bonds. The van der Waals surface area contributed by atoms with Crippen molar-refractivity contribution in [1.29, 1.82) is 0 Å². The number of aliphatic carboxylic acids is 1. The first-order chi connectivity index (χ1) is 7.28. The van der Waals surface area contributed by atoms with E-state index < -0.39 is 16.4 Å². The van der Waals surface area contributed by atoms with Gasteiger partial charge in [0, 0.05) is 0 Å². The molecule has 16 heavy (non-hydrogen) atoms. The number of halogens is 1. The lowest BCUT2D eigenvalue weighted by atomic mass is 10.2. The number of hydrogen-bond acceptors (Lipinski definition) is 6. The minimum absolute atomic E-state index is 0.382. The van der Waals surface area contributed by atoms with Crippen LogP contribution in [0, 0.1) is 0 Å². The lowest BCUT2D eigenvalue weighted by Gasteiger charge is -2.08. The molecular formula is C6H14ClNO6S2. The van der Waals surface area contributed by atoms with E-state index in [9.17, 15) is 13.2 Å². The third-order valence-corrected chi connectivity index (χ3v) is 2.62. The van der Waals surface area contributed by atoms with Gasteiger partial charge in [-0.25, -0.2) is 0 Å². The third kappa shape index (κ3) is 13.9. The molecule has 98 valence electrons. The third-order valence-electron chi connectivity index (χ3n) is 1.34. The van der Waals surface area contributed by atoms with Crippen LogP contribution in [0.1, 0.15) is 6.42 Å². The van der Waals surface area contributed by atoms with Crippen LogP contribution in [-0.4, -0.2) is 49.1 Å². The van der Waals surface area contributed by atoms with Gasteiger partial charge in [0.2, 0.25) is 0 Å². The van der Waals surface area contributed by atoms with Gasteiger partial charge in [-0.05, 0) is 25.5 Å². The zero-order valence-corrected chi connectivity index (χ0v) is 11.1. The second kappa shape index (κ2) is 10.1. The molecule has 0 aliphatic heterocycles. The Morgan fingerprint density at radius 1 is 1.62 bits per heavy atom. The summed E-state index contributed by atoms with van der Waals surface area (Å²) in [6, 6.07) is -0.382. The van der Waals surface area contributed by atoms with E-state index in [-0.39, 0.29) is 6.04 Å². The molecule has 0 aromatic carbocycles. The van der Waals surface area contributed by atoms with Gasteiger partial charge >= 0.3 is 16.4 Å². The van der Waals surface area contributed by atoms with E-state index in [4.69, 9.17) is 9.66 Å². The molecule has 7 nitrogen and oxygen atoms in total. The maximum atomic E-state index is 10.4. The number of carbonyl (C=O) groups is 1. The van der Waals surface area contributed by atoms with E-state index in [1.807, 2.05) is 6.26 Å². The molecule has 0 spiro atoms. The van der Waals surface area contributed by atoms with E-state index in [1.54, 1.807) is 18.8 Å². The van der Waals surface area contributed by atoms with Gasteiger partial charge in [-0.1, -0.05) is 0 Å². The van der Waals surface area contributed by atoms with Crippen LogP contribution < -0.4 is 5.32 Å². The van der Waals surface area contributed by atoms with Gasteiger partial charge in [-0.15, -0.1) is 3.74 Å². The normalized spacial score (nSPS) is 12.5. The number of hydrogen-bond donors (Lipinski definition) is 3. The maximum absolute atomic E-state index is 10.4. The Morgan fingerprint density at radius 3 is 2.25 bits per heavy atom. The standard InChI is InChI=1S/C6H13NO2S.ClHO4S/c1-7-5(6(8)9)3-4-10-2;1-5-6(2,3)4/h5,7H,3-4H2,1-2H3,(H,8,9);(H,2,3,4). The summed E-state index contributed by atoms with van der Waals surface area (Å²) in [6.07, 6.45) is 2.65.